The van der Waals surface area contributed by atoms with Crippen LogP contribution in [0.4, 0.5) is 0 Å². The topological polar surface area (TPSA) is 40.6 Å². The molecule has 3 rings (SSSR count). The highest BCUT2D eigenvalue weighted by Gasteiger charge is 2.52. The summed E-state index contributed by atoms with van der Waals surface area (Å²) in [5, 5.41) is 0. The van der Waals surface area contributed by atoms with E-state index in [1.807, 2.05) is 7.05 Å². The van der Waals surface area contributed by atoms with Crippen LogP contribution in [0.5, 0.6) is 0 Å². The average molecular weight is 320 g/mol. The molecule has 0 radical (unpaired) electrons. The number of hydrogen-bond donors (Lipinski definition) is 0. The van der Waals surface area contributed by atoms with Crippen LogP contribution in [0.25, 0.3) is 0 Å². The third-order valence-electron chi connectivity index (χ3n) is 5.25. The summed E-state index contributed by atoms with van der Waals surface area (Å²) in [4.78, 5) is 31.2. The van der Waals surface area contributed by atoms with Gasteiger partial charge in [-0.2, -0.15) is 0 Å². The van der Waals surface area contributed by atoms with Crippen molar-refractivity contribution in [3.05, 3.63) is 21.9 Å². The number of thiophene rings is 1. The molecule has 1 spiro atoms. The molecule has 2 heterocycles. The minimum Gasteiger partial charge on any atom is -0.281 e. The van der Waals surface area contributed by atoms with Crippen LogP contribution in [-0.4, -0.2) is 35.3 Å². The van der Waals surface area contributed by atoms with E-state index in [1.165, 1.54) is 14.7 Å². The van der Waals surface area contributed by atoms with Gasteiger partial charge in [0.2, 0.25) is 11.8 Å². The Hall–Kier alpha value is -1.20. The number of likely N-dealkylation sites (tertiary alicyclic amines) is 1. The number of rotatable bonds is 4. The van der Waals surface area contributed by atoms with Crippen molar-refractivity contribution in [2.24, 2.45) is 5.41 Å². The van der Waals surface area contributed by atoms with Gasteiger partial charge in [-0.25, -0.2) is 0 Å². The zero-order valence-corrected chi connectivity index (χ0v) is 14.4. The summed E-state index contributed by atoms with van der Waals surface area (Å²) in [5.74, 6) is 0.0738. The van der Waals surface area contributed by atoms with Crippen LogP contribution >= 0.6 is 11.3 Å². The van der Waals surface area contributed by atoms with E-state index in [-0.39, 0.29) is 23.3 Å². The van der Waals surface area contributed by atoms with Crippen molar-refractivity contribution in [2.75, 3.05) is 13.7 Å². The van der Waals surface area contributed by atoms with Gasteiger partial charge in [0.1, 0.15) is 0 Å². The van der Waals surface area contributed by atoms with Gasteiger partial charge in [-0.3, -0.25) is 19.4 Å². The van der Waals surface area contributed by atoms with Crippen molar-refractivity contribution in [3.63, 3.8) is 0 Å². The fourth-order valence-electron chi connectivity index (χ4n) is 3.69. The Labute approximate surface area is 136 Å². The molecule has 1 aliphatic heterocycles. The second-order valence-corrected chi connectivity index (χ2v) is 8.13. The first kappa shape index (κ1) is 15.7. The Morgan fingerprint density at radius 2 is 2.00 bits per heavy atom. The van der Waals surface area contributed by atoms with E-state index in [0.717, 1.165) is 25.7 Å². The predicted octanol–water partition coefficient (Wildman–Crippen LogP) is 3.33. The van der Waals surface area contributed by atoms with Crippen molar-refractivity contribution in [2.45, 2.75) is 52.0 Å². The molecule has 1 aromatic heterocycles. The Balaban J connectivity index is 1.70. The first-order valence-electron chi connectivity index (χ1n) is 8.04. The maximum Gasteiger partial charge on any atom is 0.237 e. The minimum absolute atomic E-state index is 0.00769. The summed E-state index contributed by atoms with van der Waals surface area (Å²) >= 11 is 1.77. The van der Waals surface area contributed by atoms with Crippen LogP contribution < -0.4 is 0 Å². The highest BCUT2D eigenvalue weighted by Crippen LogP contribution is 2.47. The second-order valence-electron chi connectivity index (χ2n) is 6.81. The van der Waals surface area contributed by atoms with Crippen molar-refractivity contribution in [3.8, 4) is 0 Å². The molecule has 5 heteroatoms. The van der Waals surface area contributed by atoms with Crippen molar-refractivity contribution < 1.29 is 9.59 Å². The van der Waals surface area contributed by atoms with Crippen LogP contribution in [0.3, 0.4) is 0 Å². The fraction of sp³-hybridized carbons (Fsp3) is 0.647. The minimum atomic E-state index is -0.360. The number of aryl methyl sites for hydroxylation is 1. The molecule has 1 saturated carbocycles. The second kappa shape index (κ2) is 5.78. The zero-order valence-electron chi connectivity index (χ0n) is 13.6. The summed E-state index contributed by atoms with van der Waals surface area (Å²) in [5.41, 5.74) is -0.360. The molecule has 0 N–H and O–H groups in total. The molecule has 0 aromatic carbocycles. The molecule has 2 fully saturated rings. The summed E-state index contributed by atoms with van der Waals surface area (Å²) < 4.78 is 0. The van der Waals surface area contributed by atoms with Gasteiger partial charge < -0.3 is 0 Å². The average Bonchev–Trinajstić information content (AvgIpc) is 3.16. The number of carbonyl (C=O) groups is 2. The summed E-state index contributed by atoms with van der Waals surface area (Å²) in [7, 11) is 1.99. The Kier molecular flexibility index (Phi) is 4.12. The van der Waals surface area contributed by atoms with Gasteiger partial charge in [0.05, 0.1) is 12.1 Å². The van der Waals surface area contributed by atoms with Gasteiger partial charge in [0, 0.05) is 22.2 Å². The molecule has 1 atom stereocenters. The van der Waals surface area contributed by atoms with E-state index in [0.29, 0.717) is 13.1 Å². The Morgan fingerprint density at radius 1 is 1.32 bits per heavy atom. The van der Waals surface area contributed by atoms with Crippen LogP contribution in [0.1, 0.15) is 54.8 Å². The lowest BCUT2D eigenvalue weighted by molar-refractivity contribution is -0.144. The van der Waals surface area contributed by atoms with Gasteiger partial charge in [0.15, 0.2) is 0 Å². The molecular formula is C17H24N2O2S. The van der Waals surface area contributed by atoms with Crippen LogP contribution in [0, 0.1) is 12.3 Å². The molecule has 2 amide bonds. The predicted molar refractivity (Wildman–Crippen MR) is 87.5 cm³/mol. The summed E-state index contributed by atoms with van der Waals surface area (Å²) in [6.45, 7) is 4.62. The van der Waals surface area contributed by atoms with E-state index >= 15 is 0 Å². The molecule has 0 bridgehead atoms. The van der Waals surface area contributed by atoms with Crippen molar-refractivity contribution in [1.29, 1.82) is 0 Å². The van der Waals surface area contributed by atoms with E-state index in [9.17, 15) is 9.59 Å². The number of carbonyl (C=O) groups excluding carboxylic acids is 2. The summed E-state index contributed by atoms with van der Waals surface area (Å²) in [6, 6.07) is 4.46. The van der Waals surface area contributed by atoms with Gasteiger partial charge in [0.25, 0.3) is 0 Å². The standard InChI is InChI=1S/C17H24N2O2S/c1-12-6-7-14(22-12)13(2)18(3)11-19-15(20)10-17(16(19)21)8-4-5-9-17/h6-7,13H,4-5,8-11H2,1-3H3. The highest BCUT2D eigenvalue weighted by atomic mass is 32.1. The molecule has 4 nitrogen and oxygen atoms in total. The largest absolute Gasteiger partial charge is 0.281 e. The molecule has 1 aliphatic carbocycles. The first-order valence-corrected chi connectivity index (χ1v) is 8.86. The van der Waals surface area contributed by atoms with Crippen LogP contribution in [0.2, 0.25) is 0 Å². The third kappa shape index (κ3) is 2.61. The van der Waals surface area contributed by atoms with Crippen molar-refractivity contribution in [1.82, 2.24) is 9.80 Å². The SMILES string of the molecule is Cc1ccc(C(C)N(C)CN2C(=O)CC3(CCCC3)C2=O)s1. The molecule has 1 aromatic rings. The first-order chi connectivity index (χ1) is 10.4. The highest BCUT2D eigenvalue weighted by molar-refractivity contribution is 7.12. The lowest BCUT2D eigenvalue weighted by Crippen LogP contribution is -2.42. The summed E-state index contributed by atoms with van der Waals surface area (Å²) in [6.07, 6.45) is 4.35. The van der Waals surface area contributed by atoms with Crippen LogP contribution in [-0.2, 0) is 9.59 Å². The number of hydrogen-bond acceptors (Lipinski definition) is 4. The van der Waals surface area contributed by atoms with Crippen LogP contribution in [0.15, 0.2) is 12.1 Å². The number of nitrogens with zero attached hydrogens (tertiary/aromatic N) is 2. The maximum atomic E-state index is 12.7. The van der Waals surface area contributed by atoms with Gasteiger partial charge in [-0.05, 0) is 45.9 Å². The van der Waals surface area contributed by atoms with Gasteiger partial charge in [-0.15, -0.1) is 11.3 Å². The van der Waals surface area contributed by atoms with Gasteiger partial charge in [-0.1, -0.05) is 12.8 Å². The Bertz CT molecular complexity index is 589. The molecule has 120 valence electrons. The molecule has 22 heavy (non-hydrogen) atoms. The molecular weight excluding hydrogens is 296 g/mol. The fourth-order valence-corrected chi connectivity index (χ4v) is 4.68. The number of amides is 2. The lowest BCUT2D eigenvalue weighted by Gasteiger charge is -2.29. The lowest BCUT2D eigenvalue weighted by atomic mass is 9.85. The quantitative estimate of drug-likeness (QED) is 0.799. The van der Waals surface area contributed by atoms with E-state index in [2.05, 4.69) is 30.9 Å². The van der Waals surface area contributed by atoms with Gasteiger partial charge >= 0.3 is 0 Å². The molecule has 1 saturated heterocycles. The number of imide groups is 1. The van der Waals surface area contributed by atoms with E-state index < -0.39 is 0 Å². The maximum absolute atomic E-state index is 12.7. The normalized spacial score (nSPS) is 22.3. The monoisotopic (exact) mass is 320 g/mol. The molecule has 1 unspecified atom stereocenters. The zero-order chi connectivity index (χ0) is 15.9. The van der Waals surface area contributed by atoms with E-state index in [4.69, 9.17) is 0 Å². The van der Waals surface area contributed by atoms with Crippen molar-refractivity contribution >= 4 is 23.2 Å². The molecule has 2 aliphatic rings. The Morgan fingerprint density at radius 3 is 2.59 bits per heavy atom. The third-order valence-corrected chi connectivity index (χ3v) is 6.42. The van der Waals surface area contributed by atoms with E-state index in [1.54, 1.807) is 11.3 Å². The smallest absolute Gasteiger partial charge is 0.237 e.